The molecule has 2 nitrogen and oxygen atoms in total. The quantitative estimate of drug-likeness (QED) is 0.673. The van der Waals surface area contributed by atoms with Gasteiger partial charge >= 0.3 is 0 Å². The molecule has 1 rings (SSSR count). The molecule has 1 saturated heterocycles. The number of carbonyl (C=O) groups excluding carboxylic acids is 1. The van der Waals surface area contributed by atoms with Gasteiger partial charge in [0.2, 0.25) is 0 Å². The molecule has 15 heavy (non-hydrogen) atoms. The molecule has 0 aliphatic carbocycles. The minimum Gasteiger partial charge on any atom is -0.306 e. The van der Waals surface area contributed by atoms with Gasteiger partial charge in [0.25, 0.3) is 0 Å². The molecule has 0 atom stereocenters. The zero-order chi connectivity index (χ0) is 11.1. The van der Waals surface area contributed by atoms with Gasteiger partial charge < -0.3 is 4.90 Å². The lowest BCUT2D eigenvalue weighted by molar-refractivity contribution is -0.119. The summed E-state index contributed by atoms with van der Waals surface area (Å²) in [7, 11) is 2.18. The van der Waals surface area contributed by atoms with Gasteiger partial charge in [-0.3, -0.25) is 4.79 Å². The van der Waals surface area contributed by atoms with Gasteiger partial charge in [-0.05, 0) is 51.7 Å². The average molecular weight is 211 g/mol. The van der Waals surface area contributed by atoms with E-state index < -0.39 is 0 Å². The van der Waals surface area contributed by atoms with Gasteiger partial charge in [0.15, 0.2) is 0 Å². The van der Waals surface area contributed by atoms with Crippen LogP contribution in [-0.2, 0) is 4.79 Å². The topological polar surface area (TPSA) is 20.3 Å². The number of rotatable bonds is 6. The summed E-state index contributed by atoms with van der Waals surface area (Å²) < 4.78 is 0. The van der Waals surface area contributed by atoms with Crippen molar-refractivity contribution < 1.29 is 4.79 Å². The van der Waals surface area contributed by atoms with E-state index in [2.05, 4.69) is 18.9 Å². The van der Waals surface area contributed by atoms with Crippen molar-refractivity contribution in [1.29, 1.82) is 0 Å². The van der Waals surface area contributed by atoms with E-state index in [4.69, 9.17) is 0 Å². The van der Waals surface area contributed by atoms with E-state index in [1.807, 2.05) is 0 Å². The lowest BCUT2D eigenvalue weighted by Gasteiger charge is -2.28. The molecule has 2 heteroatoms. The Balaban J connectivity index is 2.06. The maximum atomic E-state index is 11.5. The van der Waals surface area contributed by atoms with Gasteiger partial charge in [-0.1, -0.05) is 13.3 Å². The third-order valence-electron chi connectivity index (χ3n) is 3.48. The number of Topliss-reactive ketones (excluding diaryl/α,β-unsaturated/α-hetero) is 1. The number of hydrogen-bond acceptors (Lipinski definition) is 2. The molecule has 0 aromatic heterocycles. The molecule has 0 aromatic carbocycles. The lowest BCUT2D eigenvalue weighted by atomic mass is 9.91. The predicted molar refractivity (Wildman–Crippen MR) is 64.0 cm³/mol. The van der Waals surface area contributed by atoms with Gasteiger partial charge in [-0.15, -0.1) is 0 Å². The van der Waals surface area contributed by atoms with Crippen molar-refractivity contribution in [2.24, 2.45) is 5.92 Å². The Bertz CT molecular complexity index is 183. The Hall–Kier alpha value is -0.370. The zero-order valence-electron chi connectivity index (χ0n) is 10.3. The standard InChI is InChI=1S/C13H25NO/c1-3-4-5-13(15)7-6-12-8-10-14(2)11-9-12/h12H,3-11H2,1-2H3. The Morgan fingerprint density at radius 1 is 1.27 bits per heavy atom. The SMILES string of the molecule is CCCCC(=O)CCC1CCN(C)CC1. The summed E-state index contributed by atoms with van der Waals surface area (Å²) in [5, 5.41) is 0. The number of likely N-dealkylation sites (tertiary alicyclic amines) is 1. The monoisotopic (exact) mass is 211 g/mol. The molecular formula is C13H25NO. The van der Waals surface area contributed by atoms with Crippen molar-refractivity contribution >= 4 is 5.78 Å². The highest BCUT2D eigenvalue weighted by Crippen LogP contribution is 2.21. The normalized spacial score (nSPS) is 19.3. The molecule has 0 amide bonds. The van der Waals surface area contributed by atoms with Crippen LogP contribution in [-0.4, -0.2) is 30.8 Å². The van der Waals surface area contributed by atoms with Crippen molar-refractivity contribution in [2.45, 2.75) is 51.9 Å². The second-order valence-electron chi connectivity index (χ2n) is 4.93. The molecule has 0 bridgehead atoms. The smallest absolute Gasteiger partial charge is 0.132 e. The largest absolute Gasteiger partial charge is 0.306 e. The fourth-order valence-corrected chi connectivity index (χ4v) is 2.21. The van der Waals surface area contributed by atoms with Crippen molar-refractivity contribution in [3.63, 3.8) is 0 Å². The van der Waals surface area contributed by atoms with Crippen LogP contribution in [0.15, 0.2) is 0 Å². The van der Waals surface area contributed by atoms with Crippen LogP contribution in [0.4, 0.5) is 0 Å². The van der Waals surface area contributed by atoms with Crippen molar-refractivity contribution in [3.05, 3.63) is 0 Å². The van der Waals surface area contributed by atoms with Crippen LogP contribution >= 0.6 is 0 Å². The number of piperidine rings is 1. The number of unbranched alkanes of at least 4 members (excludes halogenated alkanes) is 1. The number of nitrogens with zero attached hydrogens (tertiary/aromatic N) is 1. The van der Waals surface area contributed by atoms with Crippen LogP contribution in [0.3, 0.4) is 0 Å². The second kappa shape index (κ2) is 7.00. The molecule has 1 fully saturated rings. The first-order valence-corrected chi connectivity index (χ1v) is 6.42. The lowest BCUT2D eigenvalue weighted by Crippen LogP contribution is -2.30. The van der Waals surface area contributed by atoms with Crippen molar-refractivity contribution in [3.8, 4) is 0 Å². The van der Waals surface area contributed by atoms with Gasteiger partial charge in [0.1, 0.15) is 5.78 Å². The Morgan fingerprint density at radius 2 is 1.93 bits per heavy atom. The van der Waals surface area contributed by atoms with Gasteiger partial charge in [-0.25, -0.2) is 0 Å². The summed E-state index contributed by atoms with van der Waals surface area (Å²) >= 11 is 0. The summed E-state index contributed by atoms with van der Waals surface area (Å²) in [4.78, 5) is 13.9. The van der Waals surface area contributed by atoms with Crippen LogP contribution in [0.5, 0.6) is 0 Å². The highest BCUT2D eigenvalue weighted by molar-refractivity contribution is 5.78. The highest BCUT2D eigenvalue weighted by atomic mass is 16.1. The first kappa shape index (κ1) is 12.7. The van der Waals surface area contributed by atoms with E-state index in [0.717, 1.165) is 38.0 Å². The molecule has 1 heterocycles. The first-order chi connectivity index (χ1) is 7.22. The highest BCUT2D eigenvalue weighted by Gasteiger charge is 2.17. The Kier molecular flexibility index (Phi) is 5.92. The van der Waals surface area contributed by atoms with Crippen molar-refractivity contribution in [2.75, 3.05) is 20.1 Å². The molecule has 0 saturated carbocycles. The van der Waals surface area contributed by atoms with Crippen molar-refractivity contribution in [1.82, 2.24) is 4.90 Å². The minimum absolute atomic E-state index is 0.482. The Morgan fingerprint density at radius 3 is 2.53 bits per heavy atom. The molecule has 1 aliphatic heterocycles. The molecule has 0 spiro atoms. The van der Waals surface area contributed by atoms with E-state index in [1.54, 1.807) is 0 Å². The predicted octanol–water partition coefficient (Wildman–Crippen LogP) is 2.87. The number of carbonyl (C=O) groups is 1. The summed E-state index contributed by atoms with van der Waals surface area (Å²) in [6.07, 6.45) is 7.56. The molecule has 0 N–H and O–H groups in total. The van der Waals surface area contributed by atoms with Crippen LogP contribution in [0.1, 0.15) is 51.9 Å². The summed E-state index contributed by atoms with van der Waals surface area (Å²) in [5.41, 5.74) is 0. The maximum absolute atomic E-state index is 11.5. The van der Waals surface area contributed by atoms with E-state index in [0.29, 0.717) is 5.78 Å². The fourth-order valence-electron chi connectivity index (χ4n) is 2.21. The molecular weight excluding hydrogens is 186 g/mol. The third-order valence-corrected chi connectivity index (χ3v) is 3.48. The number of hydrogen-bond donors (Lipinski definition) is 0. The number of ketones is 1. The van der Waals surface area contributed by atoms with Crippen LogP contribution in [0.2, 0.25) is 0 Å². The van der Waals surface area contributed by atoms with E-state index in [-0.39, 0.29) is 0 Å². The Labute approximate surface area is 94.0 Å². The fraction of sp³-hybridized carbons (Fsp3) is 0.923. The van der Waals surface area contributed by atoms with Crippen LogP contribution in [0, 0.1) is 5.92 Å². The molecule has 0 radical (unpaired) electrons. The summed E-state index contributed by atoms with van der Waals surface area (Å²) in [6, 6.07) is 0. The van der Waals surface area contributed by atoms with Gasteiger partial charge in [-0.2, -0.15) is 0 Å². The molecule has 0 aromatic rings. The summed E-state index contributed by atoms with van der Waals surface area (Å²) in [5.74, 6) is 1.29. The van der Waals surface area contributed by atoms with Gasteiger partial charge in [0.05, 0.1) is 0 Å². The zero-order valence-corrected chi connectivity index (χ0v) is 10.3. The maximum Gasteiger partial charge on any atom is 0.132 e. The van der Waals surface area contributed by atoms with E-state index in [9.17, 15) is 4.79 Å². The minimum atomic E-state index is 0.482. The van der Waals surface area contributed by atoms with E-state index in [1.165, 1.54) is 25.9 Å². The molecule has 1 aliphatic rings. The van der Waals surface area contributed by atoms with Crippen LogP contribution in [0.25, 0.3) is 0 Å². The second-order valence-corrected chi connectivity index (χ2v) is 4.93. The van der Waals surface area contributed by atoms with Crippen LogP contribution < -0.4 is 0 Å². The third kappa shape index (κ3) is 5.31. The van der Waals surface area contributed by atoms with Gasteiger partial charge in [0, 0.05) is 12.8 Å². The molecule has 0 unspecified atom stereocenters. The summed E-state index contributed by atoms with van der Waals surface area (Å²) in [6.45, 7) is 4.58. The molecule has 88 valence electrons. The average Bonchev–Trinajstić information content (AvgIpc) is 2.25. The first-order valence-electron chi connectivity index (χ1n) is 6.42. The van der Waals surface area contributed by atoms with E-state index >= 15 is 0 Å².